The molecule has 0 saturated heterocycles. The number of amides is 4. The smallest absolute Gasteiger partial charge is 0.261 e. The molecule has 0 aromatic heterocycles. The predicted molar refractivity (Wildman–Crippen MR) is 248 cm³/mol. The molecule has 4 atom stereocenters. The first-order valence-electron chi connectivity index (χ1n) is 21.7. The van der Waals surface area contributed by atoms with Gasteiger partial charge in [-0.15, -0.1) is 0 Å². The fourth-order valence-electron chi connectivity index (χ4n) is 8.85. The Hall–Kier alpha value is -7.39. The second-order valence-electron chi connectivity index (χ2n) is 17.1. The number of anilines is 4. The summed E-state index contributed by atoms with van der Waals surface area (Å²) in [5.41, 5.74) is 13.8. The minimum Gasteiger partial charge on any atom is -0.493 e. The minimum absolute atomic E-state index is 0.0240. The number of nitrogens with two attached hydrogens (primary N) is 1. The Kier molecular flexibility index (Phi) is 11.6. The maximum Gasteiger partial charge on any atom is 0.261 e. The molecule has 65 heavy (non-hydrogen) atoms. The predicted octanol–water partition coefficient (Wildman–Crippen LogP) is 6.57. The van der Waals surface area contributed by atoms with E-state index in [9.17, 15) is 19.2 Å². The lowest BCUT2D eigenvalue weighted by molar-refractivity contribution is -0.127. The van der Waals surface area contributed by atoms with E-state index in [0.717, 1.165) is 28.9 Å². The number of ether oxygens (including phenoxy) is 4. The van der Waals surface area contributed by atoms with Gasteiger partial charge in [-0.2, -0.15) is 0 Å². The van der Waals surface area contributed by atoms with Crippen molar-refractivity contribution in [1.82, 2.24) is 5.32 Å². The zero-order chi connectivity index (χ0) is 45.5. The Bertz CT molecular complexity index is 2750. The Balaban J connectivity index is 0.976. The van der Waals surface area contributed by atoms with Crippen molar-refractivity contribution in [2.45, 2.75) is 71.0 Å². The molecule has 9 rings (SSSR count). The van der Waals surface area contributed by atoms with Crippen LogP contribution in [0.4, 0.5) is 28.4 Å². The minimum atomic E-state index is -0.897. The summed E-state index contributed by atoms with van der Waals surface area (Å²) in [5.74, 6) is 0.202. The maximum absolute atomic E-state index is 14.0. The second kappa shape index (κ2) is 17.6. The van der Waals surface area contributed by atoms with Crippen LogP contribution in [-0.2, 0) is 35.6 Å². The Morgan fingerprint density at radius 3 is 2.02 bits per heavy atom. The highest BCUT2D eigenvalue weighted by Crippen LogP contribution is 2.43. The van der Waals surface area contributed by atoms with Crippen molar-refractivity contribution < 1.29 is 38.1 Å². The van der Waals surface area contributed by atoms with Crippen LogP contribution in [0.2, 0.25) is 0 Å². The first-order valence-corrected chi connectivity index (χ1v) is 21.7. The van der Waals surface area contributed by atoms with Crippen molar-refractivity contribution in [3.8, 4) is 23.0 Å². The fourth-order valence-corrected chi connectivity index (χ4v) is 8.85. The largest absolute Gasteiger partial charge is 0.493 e. The summed E-state index contributed by atoms with van der Waals surface area (Å²) >= 11 is 0. The highest BCUT2D eigenvalue weighted by molar-refractivity contribution is 6.15. The van der Waals surface area contributed by atoms with E-state index >= 15 is 0 Å². The summed E-state index contributed by atoms with van der Waals surface area (Å²) in [7, 11) is 3.04. The summed E-state index contributed by atoms with van der Waals surface area (Å²) in [6.07, 6.45) is 3.22. The van der Waals surface area contributed by atoms with Crippen molar-refractivity contribution >= 4 is 58.3 Å². The topological polar surface area (TPSA) is 186 Å². The summed E-state index contributed by atoms with van der Waals surface area (Å²) in [5, 5.41) is 9.10. The highest BCUT2D eigenvalue weighted by atomic mass is 16.5. The van der Waals surface area contributed by atoms with E-state index in [4.69, 9.17) is 29.7 Å². The molecule has 0 aliphatic carbocycles. The lowest BCUT2D eigenvalue weighted by atomic mass is 10.0. The maximum atomic E-state index is 14.0. The van der Waals surface area contributed by atoms with Crippen LogP contribution >= 0.6 is 0 Å². The molecule has 334 valence electrons. The molecule has 0 radical (unpaired) electrons. The number of aliphatic imine (C=N–C) groups is 1. The van der Waals surface area contributed by atoms with Crippen LogP contribution in [0, 0.1) is 5.92 Å². The molecule has 4 amide bonds. The van der Waals surface area contributed by atoms with E-state index in [1.807, 2.05) is 67.3 Å². The molecular formula is C50H51N7O8. The lowest BCUT2D eigenvalue weighted by Crippen LogP contribution is -2.50. The zero-order valence-corrected chi connectivity index (χ0v) is 36.8. The van der Waals surface area contributed by atoms with Gasteiger partial charge in [0.1, 0.15) is 19.3 Å². The van der Waals surface area contributed by atoms with Gasteiger partial charge in [0.05, 0.1) is 54.8 Å². The van der Waals surface area contributed by atoms with Crippen molar-refractivity contribution in [2.24, 2.45) is 16.6 Å². The van der Waals surface area contributed by atoms with Gasteiger partial charge in [-0.3, -0.25) is 29.1 Å². The highest BCUT2D eigenvalue weighted by Gasteiger charge is 2.39. The Labute approximate surface area is 376 Å². The van der Waals surface area contributed by atoms with Crippen LogP contribution in [0.25, 0.3) is 0 Å². The van der Waals surface area contributed by atoms with Crippen molar-refractivity contribution in [2.75, 3.05) is 41.2 Å². The fraction of sp³-hybridized carbons (Fsp3) is 0.300. The number of nitrogens with zero attached hydrogens (tertiary/aromatic N) is 3. The average molecular weight is 878 g/mol. The van der Waals surface area contributed by atoms with Gasteiger partial charge in [-0.25, -0.2) is 0 Å². The second-order valence-corrected chi connectivity index (χ2v) is 17.1. The summed E-state index contributed by atoms with van der Waals surface area (Å²) in [6.45, 7) is 5.87. The number of methoxy groups -OCH3 is 2. The van der Waals surface area contributed by atoms with Crippen molar-refractivity contribution in [3.63, 3.8) is 0 Å². The van der Waals surface area contributed by atoms with Gasteiger partial charge in [-0.1, -0.05) is 50.2 Å². The van der Waals surface area contributed by atoms with Crippen LogP contribution in [0.3, 0.4) is 0 Å². The normalized spacial score (nSPS) is 17.5. The molecule has 0 spiro atoms. The van der Waals surface area contributed by atoms with E-state index in [-0.39, 0.29) is 43.0 Å². The Morgan fingerprint density at radius 1 is 0.754 bits per heavy atom. The van der Waals surface area contributed by atoms with Crippen LogP contribution in [-0.4, -0.2) is 74.8 Å². The third kappa shape index (κ3) is 8.30. The molecule has 15 nitrogen and oxygen atoms in total. The van der Waals surface area contributed by atoms with Crippen LogP contribution in [0.5, 0.6) is 23.0 Å². The molecule has 4 heterocycles. The number of nitrogens with one attached hydrogen (secondary N) is 3. The van der Waals surface area contributed by atoms with Gasteiger partial charge in [0.2, 0.25) is 11.8 Å². The van der Waals surface area contributed by atoms with Gasteiger partial charge in [0.25, 0.3) is 11.8 Å². The third-order valence-electron chi connectivity index (χ3n) is 12.4. The molecule has 0 unspecified atom stereocenters. The summed E-state index contributed by atoms with van der Waals surface area (Å²) in [6, 6.07) is 26.2. The summed E-state index contributed by atoms with van der Waals surface area (Å²) < 4.78 is 24.3. The quantitative estimate of drug-likeness (QED) is 0.101. The van der Waals surface area contributed by atoms with Crippen LogP contribution < -0.4 is 50.4 Å². The molecule has 15 heteroatoms. The van der Waals surface area contributed by atoms with Gasteiger partial charge >= 0.3 is 0 Å². The number of fused-ring (bicyclic) bond motifs is 8. The van der Waals surface area contributed by atoms with E-state index in [1.54, 1.807) is 54.4 Å². The number of hydrogen-bond acceptors (Lipinski definition) is 11. The summed E-state index contributed by atoms with van der Waals surface area (Å²) in [4.78, 5) is 62.7. The lowest BCUT2D eigenvalue weighted by Gasteiger charge is -2.22. The van der Waals surface area contributed by atoms with Crippen LogP contribution in [0.1, 0.15) is 63.7 Å². The molecule has 0 fully saturated rings. The number of carbonyl (C=O) groups is 4. The van der Waals surface area contributed by atoms with Crippen LogP contribution in [0.15, 0.2) is 96.0 Å². The number of hydrogen-bond donors (Lipinski definition) is 4. The first-order chi connectivity index (χ1) is 31.4. The van der Waals surface area contributed by atoms with E-state index in [2.05, 4.69) is 22.0 Å². The molecule has 4 aliphatic rings. The molecule has 5 N–H and O–H groups in total. The number of para-hydroxylation sites is 2. The molecule has 5 aromatic carbocycles. The molecule has 0 saturated carbocycles. The van der Waals surface area contributed by atoms with E-state index in [1.165, 1.54) is 14.2 Å². The monoisotopic (exact) mass is 877 g/mol. The Morgan fingerprint density at radius 2 is 1.35 bits per heavy atom. The van der Waals surface area contributed by atoms with Gasteiger partial charge < -0.3 is 45.5 Å². The average Bonchev–Trinajstić information content (AvgIpc) is 3.80. The van der Waals surface area contributed by atoms with Crippen molar-refractivity contribution in [1.29, 1.82) is 0 Å². The molecule has 4 aliphatic heterocycles. The number of benzene rings is 5. The molecule has 5 aromatic rings. The molecule has 0 bridgehead atoms. The standard InChI is InChI=1S/C50H51N7O8/c1-27(2)46(51)48(59)54-28(3)47(58)55-33-15-29(25-64-44-21-38-36(19-42(44)62-4)49(60)56-34(23-52-38)17-31-10-6-8-12-40(31)56)14-30(16-33)26-65-45-22-39-37(20-43(45)63-5)50(61)57-35(24-53-39)18-32-11-7-9-13-41(32)57/h6-16,19-23,27-28,34-35,46,53H,17-18,24-26,51H2,1-5H3,(H,54,59)(H,55,58)/t28-,34-,35-,46-/m0/s1. The SMILES string of the molecule is COc1cc2c(cc1OCc1cc(COc3cc4c(cc3OC)C(=O)N3c5ccccc5C[C@H]3CN4)cc(NC(=O)[C@H](C)NC(=O)[C@@H](N)C(C)C)c1)N=C[C@@H]1Cc3ccccc3N1C2=O. The van der Waals surface area contributed by atoms with E-state index in [0.29, 0.717) is 75.3 Å². The third-order valence-corrected chi connectivity index (χ3v) is 12.4. The number of rotatable bonds is 13. The van der Waals surface area contributed by atoms with Crippen molar-refractivity contribution in [3.05, 3.63) is 124 Å². The van der Waals surface area contributed by atoms with Gasteiger partial charge in [-0.05, 0) is 84.0 Å². The first kappa shape index (κ1) is 42.9. The van der Waals surface area contributed by atoms with Gasteiger partial charge in [0, 0.05) is 48.4 Å². The van der Waals surface area contributed by atoms with E-state index < -0.39 is 23.9 Å². The number of carbonyl (C=O) groups excluding carboxylic acids is 4. The van der Waals surface area contributed by atoms with Gasteiger partial charge in [0.15, 0.2) is 23.0 Å². The molecular weight excluding hydrogens is 827 g/mol. The zero-order valence-electron chi connectivity index (χ0n) is 36.8.